The molecule has 1 fully saturated rings. The lowest BCUT2D eigenvalue weighted by atomic mass is 10.1. The van der Waals surface area contributed by atoms with Crippen molar-refractivity contribution in [1.82, 2.24) is 10.6 Å². The van der Waals surface area contributed by atoms with E-state index in [0.29, 0.717) is 19.7 Å². The highest BCUT2D eigenvalue weighted by Gasteiger charge is 2.17. The molecule has 0 unspecified atom stereocenters. The molecule has 0 saturated carbocycles. The van der Waals surface area contributed by atoms with Crippen molar-refractivity contribution in [2.75, 3.05) is 33.4 Å². The predicted octanol–water partition coefficient (Wildman–Crippen LogP) is -0.103. The van der Waals surface area contributed by atoms with E-state index < -0.39 is 5.97 Å². The van der Waals surface area contributed by atoms with Crippen molar-refractivity contribution in [2.24, 2.45) is 0 Å². The number of hydrogen-bond acceptors (Lipinski definition) is 6. The summed E-state index contributed by atoms with van der Waals surface area (Å²) < 4.78 is 10.0. The smallest absolute Gasteiger partial charge is 0.338 e. The van der Waals surface area contributed by atoms with Crippen LogP contribution in [0.3, 0.4) is 0 Å². The number of esters is 1. The first-order chi connectivity index (χ1) is 10.1. The van der Waals surface area contributed by atoms with Gasteiger partial charge in [-0.1, -0.05) is 0 Å². The molecule has 0 radical (unpaired) electrons. The molecular weight excluding hydrogens is 276 g/mol. The van der Waals surface area contributed by atoms with Crippen molar-refractivity contribution < 1.29 is 24.2 Å². The maximum atomic E-state index is 12.1. The molecule has 114 valence electrons. The fraction of sp³-hybridized carbons (Fsp3) is 0.429. The lowest BCUT2D eigenvalue weighted by Gasteiger charge is -2.23. The Kier molecular flexibility index (Phi) is 5.13. The number of rotatable bonds is 4. The third kappa shape index (κ3) is 4.17. The van der Waals surface area contributed by atoms with E-state index in [9.17, 15) is 14.7 Å². The zero-order valence-corrected chi connectivity index (χ0v) is 11.7. The number of ether oxygens (including phenoxy) is 2. The number of phenols is 1. The minimum atomic E-state index is -0.611. The van der Waals surface area contributed by atoms with Gasteiger partial charge < -0.3 is 25.2 Å². The van der Waals surface area contributed by atoms with Crippen LogP contribution in [0.15, 0.2) is 18.2 Å². The minimum Gasteiger partial charge on any atom is -0.508 e. The largest absolute Gasteiger partial charge is 0.508 e. The zero-order valence-electron chi connectivity index (χ0n) is 11.7. The standard InChI is InChI=1S/C14H18N2O5/c1-20-14(19)10-4-9(5-11(17)6-10)13(18)16-8-12-7-15-2-3-21-12/h4-6,12,15,17H,2-3,7-8H2,1H3,(H,16,18)/t12-/m1/s1. The van der Waals surface area contributed by atoms with Crippen molar-refractivity contribution in [3.63, 3.8) is 0 Å². The molecule has 0 spiro atoms. The van der Waals surface area contributed by atoms with Crippen LogP contribution in [0, 0.1) is 0 Å². The molecule has 7 heteroatoms. The first-order valence-electron chi connectivity index (χ1n) is 6.63. The molecule has 1 aromatic rings. The molecule has 0 bridgehead atoms. The molecule has 1 saturated heterocycles. The van der Waals surface area contributed by atoms with Gasteiger partial charge in [0, 0.05) is 25.2 Å². The average molecular weight is 294 g/mol. The maximum Gasteiger partial charge on any atom is 0.338 e. The van der Waals surface area contributed by atoms with E-state index in [1.165, 1.54) is 25.3 Å². The SMILES string of the molecule is COC(=O)c1cc(O)cc(C(=O)NC[C@H]2CNCCO2)c1. The van der Waals surface area contributed by atoms with Crippen LogP contribution in [0.1, 0.15) is 20.7 Å². The Hall–Kier alpha value is -2.12. The maximum absolute atomic E-state index is 12.1. The number of carbonyl (C=O) groups excluding carboxylic acids is 2. The molecule has 21 heavy (non-hydrogen) atoms. The second-order valence-corrected chi connectivity index (χ2v) is 4.67. The van der Waals surface area contributed by atoms with Crippen molar-refractivity contribution in [1.29, 1.82) is 0 Å². The van der Waals surface area contributed by atoms with E-state index in [1.807, 2.05) is 0 Å². The van der Waals surface area contributed by atoms with Gasteiger partial charge >= 0.3 is 5.97 Å². The van der Waals surface area contributed by atoms with E-state index in [0.717, 1.165) is 6.54 Å². The van der Waals surface area contributed by atoms with Gasteiger partial charge in [-0.3, -0.25) is 4.79 Å². The summed E-state index contributed by atoms with van der Waals surface area (Å²) in [7, 11) is 1.24. The monoisotopic (exact) mass is 294 g/mol. The van der Waals surface area contributed by atoms with Gasteiger partial charge in [0.25, 0.3) is 5.91 Å². The third-order valence-corrected chi connectivity index (χ3v) is 3.10. The van der Waals surface area contributed by atoms with Crippen molar-refractivity contribution >= 4 is 11.9 Å². The van der Waals surface area contributed by atoms with Gasteiger partial charge in [0.05, 0.1) is 25.4 Å². The number of benzene rings is 1. The summed E-state index contributed by atoms with van der Waals surface area (Å²) in [6.07, 6.45) is -0.0833. The highest BCUT2D eigenvalue weighted by molar-refractivity contribution is 5.98. The average Bonchev–Trinajstić information content (AvgIpc) is 2.52. The van der Waals surface area contributed by atoms with Crippen LogP contribution in [0.5, 0.6) is 5.75 Å². The Balaban J connectivity index is 2.01. The van der Waals surface area contributed by atoms with Crippen LogP contribution in [0.4, 0.5) is 0 Å². The normalized spacial score (nSPS) is 18.0. The van der Waals surface area contributed by atoms with Gasteiger partial charge in [0.2, 0.25) is 0 Å². The molecule has 1 amide bonds. The fourth-order valence-corrected chi connectivity index (χ4v) is 2.04. The molecule has 1 heterocycles. The van der Waals surface area contributed by atoms with E-state index in [1.54, 1.807) is 0 Å². The Morgan fingerprint density at radius 3 is 2.86 bits per heavy atom. The van der Waals surface area contributed by atoms with Crippen LogP contribution < -0.4 is 10.6 Å². The highest BCUT2D eigenvalue weighted by Crippen LogP contribution is 2.16. The van der Waals surface area contributed by atoms with Crippen molar-refractivity contribution in [3.05, 3.63) is 29.3 Å². The second-order valence-electron chi connectivity index (χ2n) is 4.67. The number of phenolic OH excluding ortho intramolecular Hbond substituents is 1. The molecule has 3 N–H and O–H groups in total. The highest BCUT2D eigenvalue weighted by atomic mass is 16.5. The summed E-state index contributed by atoms with van der Waals surface area (Å²) in [4.78, 5) is 23.5. The van der Waals surface area contributed by atoms with Crippen molar-refractivity contribution in [2.45, 2.75) is 6.10 Å². The number of morpholine rings is 1. The number of methoxy groups -OCH3 is 1. The Morgan fingerprint density at radius 1 is 1.43 bits per heavy atom. The summed E-state index contributed by atoms with van der Waals surface area (Å²) in [6, 6.07) is 3.92. The van der Waals surface area contributed by atoms with Crippen molar-refractivity contribution in [3.8, 4) is 5.75 Å². The van der Waals surface area contributed by atoms with Crippen LogP contribution in [-0.4, -0.2) is 56.4 Å². The van der Waals surface area contributed by atoms with Gasteiger partial charge in [-0.05, 0) is 18.2 Å². The lowest BCUT2D eigenvalue weighted by molar-refractivity contribution is 0.0287. The van der Waals surface area contributed by atoms with Gasteiger partial charge in [-0.2, -0.15) is 0 Å². The minimum absolute atomic E-state index is 0.0833. The molecule has 1 atom stereocenters. The van der Waals surface area contributed by atoms with E-state index in [-0.39, 0.29) is 28.9 Å². The molecule has 0 aromatic heterocycles. The van der Waals surface area contributed by atoms with E-state index >= 15 is 0 Å². The van der Waals surface area contributed by atoms with Crippen LogP contribution in [0.25, 0.3) is 0 Å². The molecule has 7 nitrogen and oxygen atoms in total. The van der Waals surface area contributed by atoms with Gasteiger partial charge in [0.1, 0.15) is 5.75 Å². The second kappa shape index (κ2) is 7.05. The summed E-state index contributed by atoms with van der Waals surface area (Å²) in [6.45, 7) is 2.45. The summed E-state index contributed by atoms with van der Waals surface area (Å²) in [5, 5.41) is 15.5. The van der Waals surface area contributed by atoms with Crippen LogP contribution >= 0.6 is 0 Å². The lowest BCUT2D eigenvalue weighted by Crippen LogP contribution is -2.45. The fourth-order valence-electron chi connectivity index (χ4n) is 2.04. The number of aromatic hydroxyl groups is 1. The van der Waals surface area contributed by atoms with Gasteiger partial charge in [-0.25, -0.2) is 4.79 Å². The predicted molar refractivity (Wildman–Crippen MR) is 74.4 cm³/mol. The Morgan fingerprint density at radius 2 is 2.19 bits per heavy atom. The summed E-state index contributed by atoms with van der Waals surface area (Å²) in [5.41, 5.74) is 0.317. The topological polar surface area (TPSA) is 96.9 Å². The quantitative estimate of drug-likeness (QED) is 0.671. The summed E-state index contributed by atoms with van der Waals surface area (Å²) >= 11 is 0. The van der Waals surface area contributed by atoms with Crippen LogP contribution in [0.2, 0.25) is 0 Å². The van der Waals surface area contributed by atoms with Crippen LogP contribution in [-0.2, 0) is 9.47 Å². The Bertz CT molecular complexity index is 526. The van der Waals surface area contributed by atoms with Gasteiger partial charge in [-0.15, -0.1) is 0 Å². The first kappa shape index (κ1) is 15.3. The summed E-state index contributed by atoms with van der Waals surface area (Å²) in [5.74, 6) is -1.16. The Labute approximate surface area is 122 Å². The number of carbonyl (C=O) groups is 2. The number of amides is 1. The molecule has 0 aliphatic carbocycles. The molecule has 1 aromatic carbocycles. The molecule has 1 aliphatic heterocycles. The first-order valence-corrected chi connectivity index (χ1v) is 6.63. The molecular formula is C14H18N2O5. The number of nitrogens with one attached hydrogen (secondary N) is 2. The molecule has 1 aliphatic rings. The zero-order chi connectivity index (χ0) is 15.2. The van der Waals surface area contributed by atoms with E-state index in [4.69, 9.17) is 4.74 Å². The third-order valence-electron chi connectivity index (χ3n) is 3.10. The van der Waals surface area contributed by atoms with Gasteiger partial charge in [0.15, 0.2) is 0 Å². The number of hydrogen-bond donors (Lipinski definition) is 3. The van der Waals surface area contributed by atoms with E-state index in [2.05, 4.69) is 15.4 Å². The molecule has 2 rings (SSSR count).